The second-order valence-electron chi connectivity index (χ2n) is 5.67. The van der Waals surface area contributed by atoms with Crippen molar-refractivity contribution in [1.82, 2.24) is 15.8 Å². The third-order valence-electron chi connectivity index (χ3n) is 3.65. The minimum Gasteiger partial charge on any atom is -0.308 e. The first-order valence-electron chi connectivity index (χ1n) is 8.35. The van der Waals surface area contributed by atoms with Crippen LogP contribution in [-0.2, 0) is 0 Å². The van der Waals surface area contributed by atoms with Crippen molar-refractivity contribution >= 4 is 29.2 Å². The summed E-state index contributed by atoms with van der Waals surface area (Å²) in [6.45, 7) is 0. The van der Waals surface area contributed by atoms with E-state index in [1.807, 2.05) is 18.2 Å². The van der Waals surface area contributed by atoms with Gasteiger partial charge in [-0.2, -0.15) is 0 Å². The van der Waals surface area contributed by atoms with E-state index in [4.69, 9.17) is 0 Å². The van der Waals surface area contributed by atoms with Gasteiger partial charge in [-0.25, -0.2) is 4.79 Å². The molecule has 8 nitrogen and oxygen atoms in total. The van der Waals surface area contributed by atoms with Gasteiger partial charge in [0.05, 0.1) is 5.56 Å². The number of hydrogen-bond acceptors (Lipinski definition) is 4. The van der Waals surface area contributed by atoms with Gasteiger partial charge in [0.2, 0.25) is 0 Å². The summed E-state index contributed by atoms with van der Waals surface area (Å²) in [4.78, 5) is 39.8. The van der Waals surface area contributed by atoms with Gasteiger partial charge in [-0.3, -0.25) is 25.4 Å². The van der Waals surface area contributed by atoms with Crippen LogP contribution in [0.25, 0.3) is 0 Å². The average molecular weight is 375 g/mol. The molecule has 0 unspecified atom stereocenters. The van der Waals surface area contributed by atoms with Gasteiger partial charge in [-0.05, 0) is 48.5 Å². The van der Waals surface area contributed by atoms with Crippen LogP contribution in [-0.4, -0.2) is 22.8 Å². The molecule has 0 aliphatic carbocycles. The van der Waals surface area contributed by atoms with Crippen molar-refractivity contribution in [2.45, 2.75) is 0 Å². The Kier molecular flexibility index (Phi) is 5.94. The molecule has 1 heterocycles. The van der Waals surface area contributed by atoms with E-state index in [1.165, 1.54) is 18.3 Å². The van der Waals surface area contributed by atoms with Crippen LogP contribution in [0.4, 0.5) is 16.2 Å². The Morgan fingerprint density at radius 1 is 0.643 bits per heavy atom. The number of hydrazine groups is 1. The Labute approximate surface area is 161 Å². The molecule has 8 heteroatoms. The van der Waals surface area contributed by atoms with E-state index < -0.39 is 17.8 Å². The van der Waals surface area contributed by atoms with Gasteiger partial charge < -0.3 is 10.6 Å². The van der Waals surface area contributed by atoms with E-state index >= 15 is 0 Å². The van der Waals surface area contributed by atoms with Gasteiger partial charge >= 0.3 is 6.03 Å². The first-order valence-corrected chi connectivity index (χ1v) is 8.35. The summed E-state index contributed by atoms with van der Waals surface area (Å²) in [5.41, 5.74) is 6.47. The molecular formula is C20H17N5O3. The van der Waals surface area contributed by atoms with Crippen LogP contribution in [0.5, 0.6) is 0 Å². The van der Waals surface area contributed by atoms with Crippen molar-refractivity contribution in [2.75, 3.05) is 10.6 Å². The molecule has 140 valence electrons. The van der Waals surface area contributed by atoms with Crippen molar-refractivity contribution in [3.63, 3.8) is 0 Å². The molecule has 4 N–H and O–H groups in total. The summed E-state index contributed by atoms with van der Waals surface area (Å²) < 4.78 is 0. The lowest BCUT2D eigenvalue weighted by Crippen LogP contribution is -2.41. The van der Waals surface area contributed by atoms with E-state index in [0.717, 1.165) is 0 Å². The van der Waals surface area contributed by atoms with Gasteiger partial charge in [0.1, 0.15) is 0 Å². The van der Waals surface area contributed by atoms with Crippen LogP contribution in [0, 0.1) is 0 Å². The Balaban J connectivity index is 1.51. The Morgan fingerprint density at radius 3 is 1.86 bits per heavy atom. The van der Waals surface area contributed by atoms with Crippen LogP contribution >= 0.6 is 0 Å². The molecule has 0 saturated carbocycles. The first kappa shape index (κ1) is 18.6. The quantitative estimate of drug-likeness (QED) is 0.525. The number of carbonyl (C=O) groups excluding carboxylic acids is 3. The van der Waals surface area contributed by atoms with Crippen molar-refractivity contribution in [1.29, 1.82) is 0 Å². The topological polar surface area (TPSA) is 112 Å². The second kappa shape index (κ2) is 8.95. The van der Waals surface area contributed by atoms with Crippen molar-refractivity contribution in [2.24, 2.45) is 0 Å². The molecule has 0 radical (unpaired) electrons. The third-order valence-corrected chi connectivity index (χ3v) is 3.65. The van der Waals surface area contributed by atoms with Gasteiger partial charge in [-0.1, -0.05) is 18.2 Å². The molecule has 0 spiro atoms. The molecule has 28 heavy (non-hydrogen) atoms. The normalized spacial score (nSPS) is 9.86. The molecule has 0 saturated heterocycles. The maximum absolute atomic E-state index is 12.1. The SMILES string of the molecule is O=C(Nc1ccccc1)Nc1ccc(C(=O)NNC(=O)c2cccnc2)cc1. The minimum absolute atomic E-state index is 0.320. The number of urea groups is 1. The number of pyridine rings is 1. The zero-order chi connectivity index (χ0) is 19.8. The van der Waals surface area contributed by atoms with Crippen LogP contribution in [0.15, 0.2) is 79.1 Å². The molecule has 4 amide bonds. The Hall–Kier alpha value is -4.20. The third kappa shape index (κ3) is 5.15. The van der Waals surface area contributed by atoms with Gasteiger partial charge in [0.25, 0.3) is 11.8 Å². The Morgan fingerprint density at radius 2 is 1.25 bits per heavy atom. The lowest BCUT2D eigenvalue weighted by atomic mass is 10.2. The molecule has 0 fully saturated rings. The van der Waals surface area contributed by atoms with Crippen LogP contribution < -0.4 is 21.5 Å². The standard InChI is InChI=1S/C20H17N5O3/c26-18(24-25-19(27)15-5-4-12-21-13-15)14-8-10-17(11-9-14)23-20(28)22-16-6-2-1-3-7-16/h1-13H,(H,24,26)(H,25,27)(H2,22,23,28). The number of benzene rings is 2. The zero-order valence-electron chi connectivity index (χ0n) is 14.7. The number of hydrogen-bond donors (Lipinski definition) is 4. The number of anilines is 2. The largest absolute Gasteiger partial charge is 0.323 e. The van der Waals surface area contributed by atoms with E-state index in [1.54, 1.807) is 42.6 Å². The van der Waals surface area contributed by atoms with Crippen molar-refractivity contribution in [3.8, 4) is 0 Å². The van der Waals surface area contributed by atoms with Gasteiger partial charge in [0, 0.05) is 29.3 Å². The number of aromatic nitrogens is 1. The maximum Gasteiger partial charge on any atom is 0.323 e. The first-order chi connectivity index (χ1) is 13.6. The molecular weight excluding hydrogens is 358 g/mol. The maximum atomic E-state index is 12.1. The summed E-state index contributed by atoms with van der Waals surface area (Å²) >= 11 is 0. The fraction of sp³-hybridized carbons (Fsp3) is 0. The second-order valence-corrected chi connectivity index (χ2v) is 5.67. The fourth-order valence-electron chi connectivity index (χ4n) is 2.27. The molecule has 0 bridgehead atoms. The molecule has 0 atom stereocenters. The van der Waals surface area contributed by atoms with E-state index in [-0.39, 0.29) is 0 Å². The van der Waals surface area contributed by atoms with Crippen LogP contribution in [0.2, 0.25) is 0 Å². The molecule has 3 aromatic rings. The highest BCUT2D eigenvalue weighted by Gasteiger charge is 2.09. The van der Waals surface area contributed by atoms with Crippen LogP contribution in [0.3, 0.4) is 0 Å². The average Bonchev–Trinajstić information content (AvgIpc) is 2.73. The number of carbonyl (C=O) groups is 3. The zero-order valence-corrected chi connectivity index (χ0v) is 14.7. The lowest BCUT2D eigenvalue weighted by molar-refractivity contribution is 0.0846. The Bertz CT molecular complexity index is 960. The molecule has 0 aliphatic heterocycles. The fourth-order valence-corrected chi connectivity index (χ4v) is 2.27. The highest BCUT2D eigenvalue weighted by molar-refractivity contribution is 6.01. The smallest absolute Gasteiger partial charge is 0.308 e. The van der Waals surface area contributed by atoms with E-state index in [9.17, 15) is 14.4 Å². The van der Waals surface area contributed by atoms with Crippen LogP contribution in [0.1, 0.15) is 20.7 Å². The summed E-state index contributed by atoms with van der Waals surface area (Å²) in [7, 11) is 0. The lowest BCUT2D eigenvalue weighted by Gasteiger charge is -2.09. The number of nitrogens with one attached hydrogen (secondary N) is 4. The highest BCUT2D eigenvalue weighted by atomic mass is 16.2. The molecule has 3 rings (SSSR count). The highest BCUT2D eigenvalue weighted by Crippen LogP contribution is 2.11. The predicted octanol–water partition coefficient (Wildman–Crippen LogP) is 2.80. The monoisotopic (exact) mass is 375 g/mol. The summed E-state index contributed by atoms with van der Waals surface area (Å²) in [5.74, 6) is -0.963. The molecule has 0 aliphatic rings. The van der Waals surface area contributed by atoms with E-state index in [2.05, 4.69) is 26.5 Å². The number of amides is 4. The number of para-hydroxylation sites is 1. The van der Waals surface area contributed by atoms with E-state index in [0.29, 0.717) is 22.5 Å². The van der Waals surface area contributed by atoms with Crippen molar-refractivity contribution < 1.29 is 14.4 Å². The summed E-state index contributed by atoms with van der Waals surface area (Å²) in [6.07, 6.45) is 2.94. The number of nitrogens with zero attached hydrogens (tertiary/aromatic N) is 1. The predicted molar refractivity (Wildman–Crippen MR) is 105 cm³/mol. The molecule has 2 aromatic carbocycles. The molecule has 1 aromatic heterocycles. The van der Waals surface area contributed by atoms with Crippen molar-refractivity contribution in [3.05, 3.63) is 90.3 Å². The summed E-state index contributed by atoms with van der Waals surface area (Å²) in [5, 5.41) is 5.36. The van der Waals surface area contributed by atoms with Gasteiger partial charge in [0.15, 0.2) is 0 Å². The van der Waals surface area contributed by atoms with Gasteiger partial charge in [-0.15, -0.1) is 0 Å². The minimum atomic E-state index is -0.488. The summed E-state index contributed by atoms with van der Waals surface area (Å²) in [6, 6.07) is 18.1. The number of rotatable bonds is 4.